The molecule has 3 rings (SSSR count). The summed E-state index contributed by atoms with van der Waals surface area (Å²) >= 11 is 0. The predicted molar refractivity (Wildman–Crippen MR) is 95.4 cm³/mol. The minimum atomic E-state index is -4.70. The van der Waals surface area contributed by atoms with Gasteiger partial charge in [-0.1, -0.05) is 18.2 Å². The number of alkyl halides is 3. The van der Waals surface area contributed by atoms with Gasteiger partial charge in [0.25, 0.3) is 0 Å². The summed E-state index contributed by atoms with van der Waals surface area (Å²) in [6.07, 6.45) is -4.05. The lowest BCUT2D eigenvalue weighted by atomic mass is 10.0. The van der Waals surface area contributed by atoms with E-state index in [1.807, 2.05) is 32.0 Å². The molecule has 2 aromatic carbocycles. The minimum absolute atomic E-state index is 0.00755. The largest absolute Gasteiger partial charge is 0.573 e. The van der Waals surface area contributed by atoms with Crippen LogP contribution < -0.4 is 9.47 Å². The normalized spacial score (nSPS) is 16.6. The second kappa shape index (κ2) is 7.90. The second-order valence-electron chi connectivity index (χ2n) is 6.32. The van der Waals surface area contributed by atoms with Crippen LogP contribution in [0.4, 0.5) is 13.2 Å². The van der Waals surface area contributed by atoms with Crippen LogP contribution in [0.2, 0.25) is 0 Å². The third-order valence-electron chi connectivity index (χ3n) is 4.18. The van der Waals surface area contributed by atoms with Crippen molar-refractivity contribution in [3.63, 3.8) is 0 Å². The van der Waals surface area contributed by atoms with Crippen molar-refractivity contribution in [3.05, 3.63) is 59.2 Å². The van der Waals surface area contributed by atoms with E-state index in [4.69, 9.17) is 9.47 Å². The molecule has 1 atom stereocenters. The maximum Gasteiger partial charge on any atom is 0.573 e. The molecule has 0 fully saturated rings. The highest BCUT2D eigenvalue weighted by Crippen LogP contribution is 2.25. The lowest BCUT2D eigenvalue weighted by Gasteiger charge is -2.10. The van der Waals surface area contributed by atoms with E-state index < -0.39 is 6.36 Å². The molecule has 1 heterocycles. The SMILES string of the molecule is Cc1cccc(C)c1C1=NC(CCOc2ccc(OC(F)(F)F)cc2)CO1. The highest BCUT2D eigenvalue weighted by molar-refractivity contribution is 5.97. The average Bonchev–Trinajstić information content (AvgIpc) is 3.03. The zero-order chi connectivity index (χ0) is 19.4. The zero-order valence-electron chi connectivity index (χ0n) is 15.0. The van der Waals surface area contributed by atoms with Gasteiger partial charge < -0.3 is 14.2 Å². The van der Waals surface area contributed by atoms with Crippen molar-refractivity contribution >= 4 is 5.90 Å². The number of nitrogens with zero attached hydrogens (tertiary/aromatic N) is 1. The molecule has 1 aliphatic heterocycles. The second-order valence-corrected chi connectivity index (χ2v) is 6.32. The lowest BCUT2D eigenvalue weighted by Crippen LogP contribution is -2.17. The van der Waals surface area contributed by atoms with Gasteiger partial charge in [-0.05, 0) is 49.2 Å². The van der Waals surface area contributed by atoms with E-state index in [-0.39, 0.29) is 11.8 Å². The molecule has 7 heteroatoms. The van der Waals surface area contributed by atoms with Gasteiger partial charge in [0.15, 0.2) is 0 Å². The molecule has 4 nitrogen and oxygen atoms in total. The summed E-state index contributed by atoms with van der Waals surface area (Å²) in [4.78, 5) is 4.63. The Balaban J connectivity index is 1.52. The molecule has 27 heavy (non-hydrogen) atoms. The summed E-state index contributed by atoms with van der Waals surface area (Å²) in [5.41, 5.74) is 3.26. The van der Waals surface area contributed by atoms with Gasteiger partial charge in [0.2, 0.25) is 5.90 Å². The molecular formula is C20H20F3NO3. The molecule has 0 radical (unpaired) electrons. The van der Waals surface area contributed by atoms with E-state index in [1.165, 1.54) is 24.3 Å². The fourth-order valence-electron chi connectivity index (χ4n) is 2.90. The van der Waals surface area contributed by atoms with Crippen LogP contribution in [-0.2, 0) is 4.74 Å². The van der Waals surface area contributed by atoms with Crippen molar-refractivity contribution in [1.29, 1.82) is 0 Å². The summed E-state index contributed by atoms with van der Waals surface area (Å²) in [5.74, 6) is 0.855. The van der Waals surface area contributed by atoms with Crippen LogP contribution in [0.25, 0.3) is 0 Å². The number of aryl methyl sites for hydroxylation is 2. The van der Waals surface area contributed by atoms with Crippen LogP contribution in [0.5, 0.6) is 11.5 Å². The van der Waals surface area contributed by atoms with Gasteiger partial charge in [-0.2, -0.15) is 0 Å². The Morgan fingerprint density at radius 2 is 1.67 bits per heavy atom. The molecule has 0 aromatic heterocycles. The first kappa shape index (κ1) is 19.1. The Morgan fingerprint density at radius 3 is 2.30 bits per heavy atom. The van der Waals surface area contributed by atoms with Crippen molar-refractivity contribution < 1.29 is 27.4 Å². The molecule has 144 valence electrons. The third-order valence-corrected chi connectivity index (χ3v) is 4.18. The Labute approximate surface area is 155 Å². The molecule has 2 aromatic rings. The molecule has 0 saturated carbocycles. The van der Waals surface area contributed by atoms with Crippen LogP contribution in [0, 0.1) is 13.8 Å². The Kier molecular flexibility index (Phi) is 5.58. The lowest BCUT2D eigenvalue weighted by molar-refractivity contribution is -0.274. The quantitative estimate of drug-likeness (QED) is 0.723. The van der Waals surface area contributed by atoms with Crippen LogP contribution in [0.15, 0.2) is 47.5 Å². The van der Waals surface area contributed by atoms with E-state index in [0.717, 1.165) is 16.7 Å². The van der Waals surface area contributed by atoms with E-state index >= 15 is 0 Å². The summed E-state index contributed by atoms with van der Waals surface area (Å²) in [6, 6.07) is 11.4. The molecule has 0 spiro atoms. The monoisotopic (exact) mass is 379 g/mol. The Morgan fingerprint density at radius 1 is 1.04 bits per heavy atom. The molecular weight excluding hydrogens is 359 g/mol. The molecule has 0 N–H and O–H groups in total. The van der Waals surface area contributed by atoms with Crippen molar-refractivity contribution in [2.45, 2.75) is 32.7 Å². The van der Waals surface area contributed by atoms with E-state index in [9.17, 15) is 13.2 Å². The van der Waals surface area contributed by atoms with Crippen molar-refractivity contribution in [2.24, 2.45) is 4.99 Å². The minimum Gasteiger partial charge on any atom is -0.494 e. The summed E-state index contributed by atoms with van der Waals surface area (Å²) in [5, 5.41) is 0. The maximum absolute atomic E-state index is 12.1. The highest BCUT2D eigenvalue weighted by atomic mass is 19.4. The number of ether oxygens (including phenoxy) is 3. The van der Waals surface area contributed by atoms with Gasteiger partial charge in [0, 0.05) is 12.0 Å². The van der Waals surface area contributed by atoms with E-state index in [2.05, 4.69) is 9.73 Å². The van der Waals surface area contributed by atoms with Crippen molar-refractivity contribution in [1.82, 2.24) is 0 Å². The molecule has 1 aliphatic rings. The molecule has 0 amide bonds. The smallest absolute Gasteiger partial charge is 0.494 e. The number of rotatable bonds is 6. The van der Waals surface area contributed by atoms with Gasteiger partial charge in [-0.15, -0.1) is 13.2 Å². The first-order valence-electron chi connectivity index (χ1n) is 8.57. The van der Waals surface area contributed by atoms with Crippen LogP contribution in [0.3, 0.4) is 0 Å². The van der Waals surface area contributed by atoms with Gasteiger partial charge in [0.05, 0.1) is 12.6 Å². The van der Waals surface area contributed by atoms with Gasteiger partial charge >= 0.3 is 6.36 Å². The van der Waals surface area contributed by atoms with Crippen LogP contribution in [0.1, 0.15) is 23.1 Å². The number of aliphatic imine (C=N–C) groups is 1. The maximum atomic E-state index is 12.1. The molecule has 0 aliphatic carbocycles. The van der Waals surface area contributed by atoms with E-state index in [1.54, 1.807) is 0 Å². The first-order chi connectivity index (χ1) is 12.8. The summed E-state index contributed by atoms with van der Waals surface area (Å²) in [6.45, 7) is 4.93. The number of halogens is 3. The van der Waals surface area contributed by atoms with Crippen LogP contribution in [-0.4, -0.2) is 31.5 Å². The fourth-order valence-corrected chi connectivity index (χ4v) is 2.90. The fraction of sp³-hybridized carbons (Fsp3) is 0.350. The van der Waals surface area contributed by atoms with E-state index in [0.29, 0.717) is 31.3 Å². The zero-order valence-corrected chi connectivity index (χ0v) is 15.0. The van der Waals surface area contributed by atoms with Gasteiger partial charge in [-0.3, -0.25) is 0 Å². The first-order valence-corrected chi connectivity index (χ1v) is 8.57. The van der Waals surface area contributed by atoms with Crippen LogP contribution >= 0.6 is 0 Å². The topological polar surface area (TPSA) is 40.0 Å². The number of hydrogen-bond acceptors (Lipinski definition) is 4. The number of benzene rings is 2. The third kappa shape index (κ3) is 5.15. The average molecular weight is 379 g/mol. The predicted octanol–water partition coefficient (Wildman–Crippen LogP) is 4.82. The molecule has 1 unspecified atom stereocenters. The molecule has 0 bridgehead atoms. The van der Waals surface area contributed by atoms with Crippen molar-refractivity contribution in [2.75, 3.05) is 13.2 Å². The standard InChI is InChI=1S/C20H20F3NO3/c1-13-4-3-5-14(2)18(13)19-24-15(12-26-19)10-11-25-16-6-8-17(9-7-16)27-20(21,22)23/h3-9,15H,10-12H2,1-2H3. The van der Waals surface area contributed by atoms with Gasteiger partial charge in [0.1, 0.15) is 18.1 Å². The molecule has 0 saturated heterocycles. The Hall–Kier alpha value is -2.70. The number of hydrogen-bond donors (Lipinski definition) is 0. The Bertz CT molecular complexity index is 796. The summed E-state index contributed by atoms with van der Waals surface area (Å²) < 4.78 is 51.6. The van der Waals surface area contributed by atoms with Gasteiger partial charge in [-0.25, -0.2) is 4.99 Å². The summed E-state index contributed by atoms with van der Waals surface area (Å²) in [7, 11) is 0. The van der Waals surface area contributed by atoms with Crippen molar-refractivity contribution in [3.8, 4) is 11.5 Å². The highest BCUT2D eigenvalue weighted by Gasteiger charge is 2.31.